The van der Waals surface area contributed by atoms with Crippen LogP contribution in [0.15, 0.2) is 0 Å². The Morgan fingerprint density at radius 2 is 0.833 bits per heavy atom. The van der Waals surface area contributed by atoms with E-state index in [1.807, 2.05) is 0 Å². The molecule has 18 nitrogen and oxygen atoms in total. The summed E-state index contributed by atoms with van der Waals surface area (Å²) in [6.07, 6.45) is 0. The molecule has 2 rings (SSSR count). The van der Waals surface area contributed by atoms with E-state index in [1.54, 1.807) is 27.7 Å². The molecule has 2 aliphatic rings. The molecule has 48 heavy (non-hydrogen) atoms. The second-order valence-electron chi connectivity index (χ2n) is 12.3. The summed E-state index contributed by atoms with van der Waals surface area (Å²) in [4.78, 5) is 105. The summed E-state index contributed by atoms with van der Waals surface area (Å²) >= 11 is 0. The summed E-state index contributed by atoms with van der Waals surface area (Å²) in [6, 6.07) is -9.39. The van der Waals surface area contributed by atoms with Crippen molar-refractivity contribution in [3.05, 3.63) is 0 Å². The lowest BCUT2D eigenvalue weighted by Crippen LogP contribution is -2.61. The molecule has 0 unspecified atom stereocenters. The fourth-order valence-corrected chi connectivity index (χ4v) is 6.70. The highest BCUT2D eigenvalue weighted by Gasteiger charge is 2.34. The van der Waals surface area contributed by atoms with Gasteiger partial charge in [0.25, 0.3) is 0 Å². The standard InChI is InChI=1S/C28H48N10O8S2/c1-11(2)19-27(45)31-7-15(29)23(41)33-14(6)22(40)36-18-10-48-47-9-17(25(43)37-19)35-21(39)13(5)34-24(42)16(30)8-32-28(46)20(12(3)4)38-26(18)44/h11-20H,7-10,29-30H2,1-6H3,(H,31,45)(H,32,46)(H,33,41)(H,34,42)(H,35,39)(H,36,40)(H,37,43)(H,38,44)/t13-,14-,15+,16+,17-,18-,19-,20-/m0/s1. The third kappa shape index (κ3) is 12.1. The van der Waals surface area contributed by atoms with Crippen LogP contribution in [0.3, 0.4) is 0 Å². The second kappa shape index (κ2) is 18.8. The highest BCUT2D eigenvalue weighted by atomic mass is 33.1. The van der Waals surface area contributed by atoms with E-state index in [4.69, 9.17) is 11.5 Å². The third-order valence-corrected chi connectivity index (χ3v) is 9.90. The van der Waals surface area contributed by atoms with Gasteiger partial charge in [-0.05, 0) is 25.7 Å². The highest BCUT2D eigenvalue weighted by Crippen LogP contribution is 2.24. The van der Waals surface area contributed by atoms with Gasteiger partial charge in [0.05, 0.1) is 0 Å². The van der Waals surface area contributed by atoms with Crippen molar-refractivity contribution in [1.82, 2.24) is 42.5 Å². The molecular formula is C28H48N10O8S2. The van der Waals surface area contributed by atoms with Crippen LogP contribution in [0.1, 0.15) is 41.5 Å². The molecule has 8 atom stereocenters. The predicted octanol–water partition coefficient (Wildman–Crippen LogP) is -4.46. The van der Waals surface area contributed by atoms with Crippen LogP contribution >= 0.6 is 21.6 Å². The van der Waals surface area contributed by atoms with Gasteiger partial charge in [-0.3, -0.25) is 38.4 Å². The van der Waals surface area contributed by atoms with E-state index in [2.05, 4.69) is 42.5 Å². The lowest BCUT2D eigenvalue weighted by molar-refractivity contribution is -0.134. The molecule has 0 saturated carbocycles. The zero-order chi connectivity index (χ0) is 36.3. The van der Waals surface area contributed by atoms with Crippen LogP contribution in [0.25, 0.3) is 0 Å². The maximum absolute atomic E-state index is 13.5. The summed E-state index contributed by atoms with van der Waals surface area (Å²) in [5, 5.41) is 20.4. The first-order valence-electron chi connectivity index (χ1n) is 15.6. The Morgan fingerprint density at radius 1 is 0.500 bits per heavy atom. The molecule has 12 N–H and O–H groups in total. The van der Waals surface area contributed by atoms with Crippen LogP contribution in [-0.4, -0.2) is 120 Å². The summed E-state index contributed by atoms with van der Waals surface area (Å²) < 4.78 is 0. The SMILES string of the molecule is CC(C)[C@@H]1NC(=O)[C@@H]2CSSC[C@H](NC(=O)[C@H](C)NC(=O)[C@H](N)CNC1=O)C(=O)N[C@@H](C(C)C)C(=O)NC[C@@H](N)C(=O)N[C@@H](C)C(=O)N2. The van der Waals surface area contributed by atoms with Gasteiger partial charge in [-0.1, -0.05) is 49.3 Å². The van der Waals surface area contributed by atoms with Crippen LogP contribution in [0.5, 0.6) is 0 Å². The van der Waals surface area contributed by atoms with E-state index in [-0.39, 0.29) is 24.6 Å². The number of hydrogen-bond acceptors (Lipinski definition) is 12. The molecular weight excluding hydrogens is 669 g/mol. The largest absolute Gasteiger partial charge is 0.352 e. The predicted molar refractivity (Wildman–Crippen MR) is 179 cm³/mol. The smallest absolute Gasteiger partial charge is 0.244 e. The number of rotatable bonds is 2. The maximum Gasteiger partial charge on any atom is 0.244 e. The minimum atomic E-state index is -1.27. The number of carbonyl (C=O) groups excluding carboxylic acids is 8. The van der Waals surface area contributed by atoms with Crippen molar-refractivity contribution < 1.29 is 38.4 Å². The Morgan fingerprint density at radius 3 is 1.15 bits per heavy atom. The molecule has 0 spiro atoms. The number of nitrogens with one attached hydrogen (secondary N) is 8. The molecule has 0 radical (unpaired) electrons. The van der Waals surface area contributed by atoms with Crippen LogP contribution < -0.4 is 54.0 Å². The van der Waals surface area contributed by atoms with E-state index in [1.165, 1.54) is 13.8 Å². The average molecular weight is 717 g/mol. The van der Waals surface area contributed by atoms with Gasteiger partial charge < -0.3 is 54.0 Å². The Hall–Kier alpha value is -3.62. The average Bonchev–Trinajstić information content (AvgIpc) is 3.02. The minimum Gasteiger partial charge on any atom is -0.352 e. The Labute approximate surface area is 287 Å². The van der Waals surface area contributed by atoms with Gasteiger partial charge in [-0.2, -0.15) is 0 Å². The molecule has 2 aliphatic heterocycles. The molecule has 2 saturated heterocycles. The van der Waals surface area contributed by atoms with Crippen molar-refractivity contribution in [3.8, 4) is 0 Å². The molecule has 0 aliphatic carbocycles. The second-order valence-corrected chi connectivity index (χ2v) is 14.9. The quantitative estimate of drug-likeness (QED) is 0.121. The van der Waals surface area contributed by atoms with Crippen molar-refractivity contribution in [2.75, 3.05) is 24.6 Å². The van der Waals surface area contributed by atoms with Gasteiger partial charge in [0.1, 0.15) is 48.3 Å². The molecule has 0 aromatic carbocycles. The minimum absolute atomic E-state index is 0.0501. The summed E-state index contributed by atoms with van der Waals surface area (Å²) in [5.41, 5.74) is 11.9. The van der Waals surface area contributed by atoms with E-state index < -0.39 is 107 Å². The van der Waals surface area contributed by atoms with Gasteiger partial charge in [0, 0.05) is 24.6 Å². The Kier molecular flexibility index (Phi) is 15.9. The Bertz CT molecular complexity index is 1150. The van der Waals surface area contributed by atoms with Crippen LogP contribution in [-0.2, 0) is 38.4 Å². The van der Waals surface area contributed by atoms with E-state index in [0.29, 0.717) is 0 Å². The molecule has 2 bridgehead atoms. The lowest BCUT2D eigenvalue weighted by Gasteiger charge is -2.28. The summed E-state index contributed by atoms with van der Waals surface area (Å²) in [5.74, 6) is -6.58. The highest BCUT2D eigenvalue weighted by molar-refractivity contribution is 8.76. The van der Waals surface area contributed by atoms with Crippen molar-refractivity contribution in [1.29, 1.82) is 0 Å². The molecule has 8 amide bonds. The summed E-state index contributed by atoms with van der Waals surface area (Å²) in [6.45, 7) is 8.88. The van der Waals surface area contributed by atoms with Crippen molar-refractivity contribution in [2.24, 2.45) is 23.3 Å². The number of nitrogens with two attached hydrogens (primary N) is 2. The van der Waals surface area contributed by atoms with Crippen LogP contribution in [0.2, 0.25) is 0 Å². The Balaban J connectivity index is 2.54. The number of hydrogen-bond donors (Lipinski definition) is 10. The third-order valence-electron chi connectivity index (χ3n) is 7.48. The zero-order valence-electron chi connectivity index (χ0n) is 27.8. The first kappa shape index (κ1) is 40.6. The van der Waals surface area contributed by atoms with Crippen molar-refractivity contribution in [2.45, 2.75) is 89.9 Å². The maximum atomic E-state index is 13.5. The van der Waals surface area contributed by atoms with E-state index >= 15 is 0 Å². The van der Waals surface area contributed by atoms with Gasteiger partial charge in [-0.25, -0.2) is 0 Å². The van der Waals surface area contributed by atoms with Crippen molar-refractivity contribution in [3.63, 3.8) is 0 Å². The fourth-order valence-electron chi connectivity index (χ4n) is 4.37. The monoisotopic (exact) mass is 716 g/mol. The van der Waals surface area contributed by atoms with Crippen LogP contribution in [0, 0.1) is 11.8 Å². The van der Waals surface area contributed by atoms with Gasteiger partial charge in [0.15, 0.2) is 0 Å². The molecule has 20 heteroatoms. The first-order valence-corrected chi connectivity index (χ1v) is 18.0. The zero-order valence-corrected chi connectivity index (χ0v) is 29.5. The molecule has 0 aromatic rings. The van der Waals surface area contributed by atoms with Gasteiger partial charge >= 0.3 is 0 Å². The van der Waals surface area contributed by atoms with Crippen LogP contribution in [0.4, 0.5) is 0 Å². The first-order chi connectivity index (χ1) is 22.4. The lowest BCUT2D eigenvalue weighted by atomic mass is 10.0. The van der Waals surface area contributed by atoms with Gasteiger partial charge in [-0.15, -0.1) is 0 Å². The van der Waals surface area contributed by atoms with Gasteiger partial charge in [0.2, 0.25) is 47.3 Å². The van der Waals surface area contributed by atoms with Crippen molar-refractivity contribution >= 4 is 68.8 Å². The number of fused-ring (bicyclic) bond motifs is 5. The molecule has 2 heterocycles. The molecule has 2 fully saturated rings. The van der Waals surface area contributed by atoms with E-state index in [9.17, 15) is 38.4 Å². The summed E-state index contributed by atoms with van der Waals surface area (Å²) in [7, 11) is 2.19. The molecule has 270 valence electrons. The molecule has 0 aromatic heterocycles. The van der Waals surface area contributed by atoms with E-state index in [0.717, 1.165) is 21.6 Å². The number of amides is 8. The normalized spacial score (nSPS) is 31.6. The number of carbonyl (C=O) groups is 8. The topological polar surface area (TPSA) is 285 Å². The fraction of sp³-hybridized carbons (Fsp3) is 0.714.